The van der Waals surface area contributed by atoms with E-state index < -0.39 is 0 Å². The van der Waals surface area contributed by atoms with Crippen molar-refractivity contribution in [2.45, 2.75) is 57.9 Å². The normalized spacial score (nSPS) is 17.0. The lowest BCUT2D eigenvalue weighted by molar-refractivity contribution is 0.0564. The monoisotopic (exact) mass is 422 g/mol. The SMILES string of the molecule is COc1ccccc1Cc1cnc([C@H]2CCCCN2C(=O)c2cc(C(C)(C)C)[nH]n2)o1. The molecule has 0 saturated carbocycles. The number of benzene rings is 1. The molecule has 7 nitrogen and oxygen atoms in total. The highest BCUT2D eigenvalue weighted by Gasteiger charge is 2.33. The van der Waals surface area contributed by atoms with Crippen LogP contribution in [0.5, 0.6) is 5.75 Å². The predicted molar refractivity (Wildman–Crippen MR) is 117 cm³/mol. The molecule has 1 saturated heterocycles. The molecule has 1 amide bonds. The van der Waals surface area contributed by atoms with Crippen molar-refractivity contribution in [2.75, 3.05) is 13.7 Å². The van der Waals surface area contributed by atoms with Crippen LogP contribution in [0.3, 0.4) is 0 Å². The highest BCUT2D eigenvalue weighted by molar-refractivity contribution is 5.92. The summed E-state index contributed by atoms with van der Waals surface area (Å²) in [6.07, 6.45) is 5.17. The smallest absolute Gasteiger partial charge is 0.275 e. The van der Waals surface area contributed by atoms with Gasteiger partial charge in [-0.2, -0.15) is 5.10 Å². The number of likely N-dealkylation sites (tertiary alicyclic amines) is 1. The Morgan fingerprint density at radius 1 is 1.29 bits per heavy atom. The summed E-state index contributed by atoms with van der Waals surface area (Å²) in [5.74, 6) is 2.08. The first-order valence-corrected chi connectivity index (χ1v) is 10.8. The Labute approximate surface area is 182 Å². The molecule has 4 rings (SSSR count). The Hall–Kier alpha value is -3.09. The first-order valence-electron chi connectivity index (χ1n) is 10.8. The fourth-order valence-corrected chi connectivity index (χ4v) is 3.99. The number of oxazole rings is 1. The largest absolute Gasteiger partial charge is 0.496 e. The fraction of sp³-hybridized carbons (Fsp3) is 0.458. The summed E-state index contributed by atoms with van der Waals surface area (Å²) in [7, 11) is 1.66. The molecule has 0 radical (unpaired) electrons. The minimum absolute atomic E-state index is 0.0825. The third kappa shape index (κ3) is 4.50. The van der Waals surface area contributed by atoms with E-state index in [1.807, 2.05) is 35.2 Å². The van der Waals surface area contributed by atoms with Crippen molar-refractivity contribution in [3.8, 4) is 5.75 Å². The van der Waals surface area contributed by atoms with E-state index in [1.54, 1.807) is 13.3 Å². The minimum atomic E-state index is -0.178. The standard InChI is InChI=1S/C24H30N4O3/c1-24(2,3)21-14-18(26-27-21)23(29)28-12-8-7-10-19(28)22-25-15-17(31-22)13-16-9-5-6-11-20(16)30-4/h5-6,9,11,14-15,19H,7-8,10,12-13H2,1-4H3,(H,26,27)/t19-/m1/s1. The van der Waals surface area contributed by atoms with E-state index in [1.165, 1.54) is 0 Å². The summed E-state index contributed by atoms with van der Waals surface area (Å²) >= 11 is 0. The van der Waals surface area contributed by atoms with Gasteiger partial charge in [-0.15, -0.1) is 0 Å². The number of amides is 1. The van der Waals surface area contributed by atoms with Gasteiger partial charge < -0.3 is 14.1 Å². The Kier molecular flexibility index (Phi) is 5.85. The van der Waals surface area contributed by atoms with E-state index >= 15 is 0 Å². The molecule has 3 heterocycles. The van der Waals surface area contributed by atoms with Crippen LogP contribution in [0.4, 0.5) is 0 Å². The van der Waals surface area contributed by atoms with Gasteiger partial charge in [0.15, 0.2) is 0 Å². The van der Waals surface area contributed by atoms with Crippen LogP contribution in [0.25, 0.3) is 0 Å². The topological polar surface area (TPSA) is 84.2 Å². The first-order chi connectivity index (χ1) is 14.9. The maximum atomic E-state index is 13.3. The molecule has 1 N–H and O–H groups in total. The molecule has 1 aliphatic heterocycles. The van der Waals surface area contributed by atoms with Gasteiger partial charge in [-0.05, 0) is 31.4 Å². The van der Waals surface area contributed by atoms with Crippen molar-refractivity contribution in [3.05, 3.63) is 65.1 Å². The number of hydrogen-bond acceptors (Lipinski definition) is 5. The number of H-pyrrole nitrogens is 1. The molecule has 1 atom stereocenters. The second-order valence-electron chi connectivity index (χ2n) is 9.08. The lowest BCUT2D eigenvalue weighted by Crippen LogP contribution is -2.38. The maximum Gasteiger partial charge on any atom is 0.275 e. The van der Waals surface area contributed by atoms with Crippen LogP contribution >= 0.6 is 0 Å². The van der Waals surface area contributed by atoms with Crippen molar-refractivity contribution in [1.82, 2.24) is 20.1 Å². The minimum Gasteiger partial charge on any atom is -0.496 e. The van der Waals surface area contributed by atoms with Gasteiger partial charge in [0.1, 0.15) is 23.2 Å². The van der Waals surface area contributed by atoms with Gasteiger partial charge in [0.25, 0.3) is 5.91 Å². The molecule has 1 aromatic carbocycles. The van der Waals surface area contributed by atoms with Crippen molar-refractivity contribution < 1.29 is 13.9 Å². The average Bonchev–Trinajstić information content (AvgIpc) is 3.43. The van der Waals surface area contributed by atoms with Gasteiger partial charge in [-0.25, -0.2) is 4.98 Å². The quantitative estimate of drug-likeness (QED) is 0.646. The summed E-state index contributed by atoms with van der Waals surface area (Å²) in [6.45, 7) is 6.95. The number of nitrogens with one attached hydrogen (secondary N) is 1. The van der Waals surface area contributed by atoms with Crippen molar-refractivity contribution >= 4 is 5.91 Å². The number of carbonyl (C=O) groups is 1. The summed E-state index contributed by atoms with van der Waals surface area (Å²) < 4.78 is 11.6. The van der Waals surface area contributed by atoms with E-state index in [9.17, 15) is 4.79 Å². The molecule has 31 heavy (non-hydrogen) atoms. The van der Waals surface area contributed by atoms with E-state index in [0.29, 0.717) is 24.6 Å². The van der Waals surface area contributed by atoms with Gasteiger partial charge in [0.2, 0.25) is 5.89 Å². The number of hydrogen-bond donors (Lipinski definition) is 1. The molecular weight excluding hydrogens is 392 g/mol. The second-order valence-corrected chi connectivity index (χ2v) is 9.08. The van der Waals surface area contributed by atoms with Crippen LogP contribution in [-0.4, -0.2) is 39.6 Å². The number of nitrogens with zero attached hydrogens (tertiary/aromatic N) is 3. The molecule has 0 spiro atoms. The number of rotatable bonds is 5. The zero-order valence-electron chi connectivity index (χ0n) is 18.6. The highest BCUT2D eigenvalue weighted by atomic mass is 16.5. The van der Waals surface area contributed by atoms with E-state index in [4.69, 9.17) is 9.15 Å². The zero-order chi connectivity index (χ0) is 22.0. The molecule has 164 valence electrons. The van der Waals surface area contributed by atoms with E-state index in [2.05, 4.69) is 36.0 Å². The van der Waals surface area contributed by atoms with Crippen LogP contribution in [-0.2, 0) is 11.8 Å². The van der Waals surface area contributed by atoms with Gasteiger partial charge in [-0.1, -0.05) is 39.0 Å². The van der Waals surface area contributed by atoms with Crippen molar-refractivity contribution in [3.63, 3.8) is 0 Å². The number of aromatic nitrogens is 3. The van der Waals surface area contributed by atoms with Gasteiger partial charge in [0.05, 0.1) is 13.3 Å². The van der Waals surface area contributed by atoms with Gasteiger partial charge >= 0.3 is 0 Å². The van der Waals surface area contributed by atoms with Gasteiger partial charge in [-0.3, -0.25) is 9.89 Å². The maximum absolute atomic E-state index is 13.3. The molecule has 0 aliphatic carbocycles. The molecule has 1 aliphatic rings. The molecule has 1 fully saturated rings. The summed E-state index contributed by atoms with van der Waals surface area (Å²) in [4.78, 5) is 19.6. The number of carbonyl (C=O) groups excluding carboxylic acids is 1. The molecule has 0 bridgehead atoms. The van der Waals surface area contributed by atoms with Crippen LogP contribution in [0.1, 0.15) is 79.5 Å². The average molecular weight is 423 g/mol. The Balaban J connectivity index is 1.54. The number of para-hydroxylation sites is 1. The first kappa shape index (κ1) is 21.2. The molecular formula is C24H30N4O3. The molecule has 7 heteroatoms. The van der Waals surface area contributed by atoms with Crippen LogP contribution in [0, 0.1) is 0 Å². The van der Waals surface area contributed by atoms with Gasteiger partial charge in [0, 0.05) is 29.6 Å². The summed E-state index contributed by atoms with van der Waals surface area (Å²) in [5, 5.41) is 7.30. The molecule has 0 unspecified atom stereocenters. The lowest BCUT2D eigenvalue weighted by Gasteiger charge is -2.33. The van der Waals surface area contributed by atoms with Crippen LogP contribution < -0.4 is 4.74 Å². The van der Waals surface area contributed by atoms with Crippen LogP contribution in [0.2, 0.25) is 0 Å². The second kappa shape index (κ2) is 8.57. The molecule has 3 aromatic rings. The Bertz CT molecular complexity index is 1050. The van der Waals surface area contributed by atoms with Crippen molar-refractivity contribution in [1.29, 1.82) is 0 Å². The van der Waals surface area contributed by atoms with E-state index in [0.717, 1.165) is 42.0 Å². The third-order valence-corrected chi connectivity index (χ3v) is 5.78. The fourth-order valence-electron chi connectivity index (χ4n) is 3.99. The predicted octanol–water partition coefficient (Wildman–Crippen LogP) is 4.66. The number of methoxy groups -OCH3 is 1. The van der Waals surface area contributed by atoms with Crippen LogP contribution in [0.15, 0.2) is 40.9 Å². The highest BCUT2D eigenvalue weighted by Crippen LogP contribution is 2.33. The number of ether oxygens (including phenoxy) is 1. The zero-order valence-corrected chi connectivity index (χ0v) is 18.6. The number of aromatic amines is 1. The third-order valence-electron chi connectivity index (χ3n) is 5.78. The Morgan fingerprint density at radius 3 is 2.84 bits per heavy atom. The lowest BCUT2D eigenvalue weighted by atomic mass is 9.92. The summed E-state index contributed by atoms with van der Waals surface area (Å²) in [5.41, 5.74) is 2.33. The van der Waals surface area contributed by atoms with Crippen molar-refractivity contribution in [2.24, 2.45) is 0 Å². The van der Waals surface area contributed by atoms with E-state index in [-0.39, 0.29) is 17.4 Å². The summed E-state index contributed by atoms with van der Waals surface area (Å²) in [6, 6.07) is 9.55. The number of piperidine rings is 1. The Morgan fingerprint density at radius 2 is 2.10 bits per heavy atom. The molecule has 2 aromatic heterocycles.